The van der Waals surface area contributed by atoms with E-state index in [9.17, 15) is 14.4 Å². The van der Waals surface area contributed by atoms with Gasteiger partial charge in [0.1, 0.15) is 13.2 Å². The van der Waals surface area contributed by atoms with E-state index >= 15 is 0 Å². The lowest BCUT2D eigenvalue weighted by atomic mass is 10.0. The molecule has 0 aromatic rings. The smallest absolute Gasteiger partial charge is 0.306 e. The molecular weight excluding hydrogens is 817 g/mol. The molecule has 0 spiro atoms. The highest BCUT2D eigenvalue weighted by atomic mass is 16.6. The highest BCUT2D eigenvalue weighted by Crippen LogP contribution is 2.17. The van der Waals surface area contributed by atoms with E-state index in [0.29, 0.717) is 19.3 Å². The third-order valence-electron chi connectivity index (χ3n) is 12.9. The number of hydrogen-bond donors (Lipinski definition) is 0. The molecule has 1 atom stereocenters. The Balaban J connectivity index is 4.26. The monoisotopic (exact) mass is 927 g/mol. The molecule has 0 N–H and O–H groups in total. The van der Waals surface area contributed by atoms with Gasteiger partial charge >= 0.3 is 17.9 Å². The SMILES string of the molecule is CCCCCCC/C=C\C/C=C\C/C=C\CCCCCCCCC(=O)OCC(COC(=O)CCCCCCCCCCC)OC(=O)CCCCCCCCCCCCCCCCCCCC. The third-order valence-corrected chi connectivity index (χ3v) is 12.9. The maximum absolute atomic E-state index is 12.8. The summed E-state index contributed by atoms with van der Waals surface area (Å²) in [5, 5.41) is 0. The second-order valence-corrected chi connectivity index (χ2v) is 19.6. The fourth-order valence-corrected chi connectivity index (χ4v) is 8.51. The summed E-state index contributed by atoms with van der Waals surface area (Å²) in [6.07, 6.45) is 65.7. The molecule has 0 saturated carbocycles. The number of ether oxygens (including phenoxy) is 3. The topological polar surface area (TPSA) is 78.9 Å². The predicted octanol–water partition coefficient (Wildman–Crippen LogP) is 19.3. The van der Waals surface area contributed by atoms with E-state index < -0.39 is 6.10 Å². The number of unbranched alkanes of at least 4 members (excludes halogenated alkanes) is 36. The summed E-state index contributed by atoms with van der Waals surface area (Å²) in [7, 11) is 0. The molecule has 0 aromatic carbocycles. The lowest BCUT2D eigenvalue weighted by molar-refractivity contribution is -0.167. The van der Waals surface area contributed by atoms with Crippen LogP contribution < -0.4 is 0 Å². The summed E-state index contributed by atoms with van der Waals surface area (Å²) < 4.78 is 16.8. The highest BCUT2D eigenvalue weighted by Gasteiger charge is 2.19. The molecule has 0 aliphatic heterocycles. The average Bonchev–Trinajstić information content (AvgIpc) is 3.31. The van der Waals surface area contributed by atoms with Crippen molar-refractivity contribution in [2.75, 3.05) is 13.2 Å². The normalized spacial score (nSPS) is 12.2. The average molecular weight is 928 g/mol. The minimum atomic E-state index is -0.772. The van der Waals surface area contributed by atoms with Gasteiger partial charge in [-0.1, -0.05) is 269 Å². The first-order valence-corrected chi connectivity index (χ1v) is 29.0. The van der Waals surface area contributed by atoms with Gasteiger partial charge in [-0.05, 0) is 57.8 Å². The number of carbonyl (C=O) groups excluding carboxylic acids is 3. The van der Waals surface area contributed by atoms with E-state index in [-0.39, 0.29) is 31.1 Å². The van der Waals surface area contributed by atoms with Crippen molar-refractivity contribution in [2.45, 2.75) is 316 Å². The minimum Gasteiger partial charge on any atom is -0.462 e. The van der Waals surface area contributed by atoms with E-state index in [4.69, 9.17) is 14.2 Å². The van der Waals surface area contributed by atoms with E-state index in [1.807, 2.05) is 0 Å². The Kier molecular flexibility index (Phi) is 53.2. The molecule has 1 unspecified atom stereocenters. The summed E-state index contributed by atoms with van der Waals surface area (Å²) in [6.45, 7) is 6.64. The zero-order chi connectivity index (χ0) is 47.9. The van der Waals surface area contributed by atoms with Crippen LogP contribution in [0.25, 0.3) is 0 Å². The molecule has 386 valence electrons. The van der Waals surface area contributed by atoms with Gasteiger partial charge in [-0.25, -0.2) is 0 Å². The Hall–Kier alpha value is -2.37. The fraction of sp³-hybridized carbons (Fsp3) is 0.850. The van der Waals surface area contributed by atoms with Crippen LogP contribution in [0.1, 0.15) is 310 Å². The second-order valence-electron chi connectivity index (χ2n) is 19.6. The van der Waals surface area contributed by atoms with Crippen LogP contribution in [0.4, 0.5) is 0 Å². The summed E-state index contributed by atoms with van der Waals surface area (Å²) in [6, 6.07) is 0. The summed E-state index contributed by atoms with van der Waals surface area (Å²) in [5.74, 6) is -0.870. The van der Waals surface area contributed by atoms with Gasteiger partial charge in [-0.15, -0.1) is 0 Å². The molecule has 0 saturated heterocycles. The van der Waals surface area contributed by atoms with Crippen LogP contribution in [0.15, 0.2) is 36.5 Å². The van der Waals surface area contributed by atoms with Gasteiger partial charge in [0.2, 0.25) is 0 Å². The molecular formula is C60H110O6. The van der Waals surface area contributed by atoms with Crippen LogP contribution in [0.5, 0.6) is 0 Å². The first-order chi connectivity index (χ1) is 32.5. The van der Waals surface area contributed by atoms with Crippen molar-refractivity contribution in [1.29, 1.82) is 0 Å². The van der Waals surface area contributed by atoms with Gasteiger partial charge in [0.05, 0.1) is 0 Å². The van der Waals surface area contributed by atoms with Crippen molar-refractivity contribution in [3.8, 4) is 0 Å². The molecule has 6 nitrogen and oxygen atoms in total. The van der Waals surface area contributed by atoms with Crippen molar-refractivity contribution >= 4 is 17.9 Å². The van der Waals surface area contributed by atoms with E-state index in [0.717, 1.165) is 77.0 Å². The summed E-state index contributed by atoms with van der Waals surface area (Å²) >= 11 is 0. The maximum Gasteiger partial charge on any atom is 0.306 e. The van der Waals surface area contributed by atoms with Crippen LogP contribution >= 0.6 is 0 Å². The van der Waals surface area contributed by atoms with Crippen LogP contribution in [-0.4, -0.2) is 37.2 Å². The molecule has 0 heterocycles. The number of esters is 3. The highest BCUT2D eigenvalue weighted by molar-refractivity contribution is 5.71. The molecule has 0 aromatic heterocycles. The van der Waals surface area contributed by atoms with Gasteiger partial charge < -0.3 is 14.2 Å². The molecule has 0 rings (SSSR count). The van der Waals surface area contributed by atoms with Crippen molar-refractivity contribution < 1.29 is 28.6 Å². The number of carbonyl (C=O) groups is 3. The minimum absolute atomic E-state index is 0.0722. The van der Waals surface area contributed by atoms with Crippen LogP contribution in [-0.2, 0) is 28.6 Å². The van der Waals surface area contributed by atoms with Crippen LogP contribution in [0.3, 0.4) is 0 Å². The largest absolute Gasteiger partial charge is 0.462 e. The van der Waals surface area contributed by atoms with Gasteiger partial charge in [-0.2, -0.15) is 0 Å². The lowest BCUT2D eigenvalue weighted by Crippen LogP contribution is -2.30. The molecule has 0 bridgehead atoms. The Bertz CT molecular complexity index is 1110. The van der Waals surface area contributed by atoms with Crippen LogP contribution in [0.2, 0.25) is 0 Å². The molecule has 66 heavy (non-hydrogen) atoms. The Morgan fingerprint density at radius 2 is 0.545 bits per heavy atom. The number of hydrogen-bond acceptors (Lipinski definition) is 6. The molecule has 0 aliphatic carbocycles. The predicted molar refractivity (Wildman–Crippen MR) is 284 cm³/mol. The summed E-state index contributed by atoms with van der Waals surface area (Å²) in [5.41, 5.74) is 0. The molecule has 0 amide bonds. The van der Waals surface area contributed by atoms with Gasteiger partial charge in [0.25, 0.3) is 0 Å². The Labute approximate surface area is 410 Å². The Morgan fingerprint density at radius 1 is 0.303 bits per heavy atom. The number of allylic oxidation sites excluding steroid dienone is 6. The second kappa shape index (κ2) is 55.2. The van der Waals surface area contributed by atoms with Gasteiger partial charge in [-0.3, -0.25) is 14.4 Å². The standard InChI is InChI=1S/C60H110O6/c1-4-7-10-13-16-19-21-23-25-27-29-30-31-33-34-36-38-41-44-47-50-53-59(62)65-56-57(55-64-58(61)52-49-46-43-40-18-15-12-9-6-3)66-60(63)54-51-48-45-42-39-37-35-32-28-26-24-22-20-17-14-11-8-5-2/h21,23,27,29,31,33,57H,4-20,22,24-26,28,30,32,34-56H2,1-3H3/b23-21-,29-27-,33-31-. The van der Waals surface area contributed by atoms with Crippen LogP contribution in [0, 0.1) is 0 Å². The molecule has 0 radical (unpaired) electrons. The van der Waals surface area contributed by atoms with E-state index in [1.165, 1.54) is 193 Å². The van der Waals surface area contributed by atoms with E-state index in [1.54, 1.807) is 0 Å². The fourth-order valence-electron chi connectivity index (χ4n) is 8.51. The van der Waals surface area contributed by atoms with Gasteiger partial charge in [0, 0.05) is 19.3 Å². The lowest BCUT2D eigenvalue weighted by Gasteiger charge is -2.18. The summed E-state index contributed by atoms with van der Waals surface area (Å²) in [4.78, 5) is 38.0. The van der Waals surface area contributed by atoms with Crippen molar-refractivity contribution in [2.24, 2.45) is 0 Å². The van der Waals surface area contributed by atoms with Crippen molar-refractivity contribution in [1.82, 2.24) is 0 Å². The molecule has 0 fully saturated rings. The maximum atomic E-state index is 12.8. The van der Waals surface area contributed by atoms with Crippen molar-refractivity contribution in [3.63, 3.8) is 0 Å². The quantitative estimate of drug-likeness (QED) is 0.0262. The molecule has 0 aliphatic rings. The first kappa shape index (κ1) is 63.6. The zero-order valence-corrected chi connectivity index (χ0v) is 44.2. The Morgan fingerprint density at radius 3 is 0.848 bits per heavy atom. The number of rotatable bonds is 53. The molecule has 6 heteroatoms. The van der Waals surface area contributed by atoms with Gasteiger partial charge in [0.15, 0.2) is 6.10 Å². The first-order valence-electron chi connectivity index (χ1n) is 29.0. The van der Waals surface area contributed by atoms with E-state index in [2.05, 4.69) is 57.2 Å². The zero-order valence-electron chi connectivity index (χ0n) is 44.2. The van der Waals surface area contributed by atoms with Crippen molar-refractivity contribution in [3.05, 3.63) is 36.5 Å². The third kappa shape index (κ3) is 52.6.